The number of ether oxygens (including phenoxy) is 3. The first-order valence-corrected chi connectivity index (χ1v) is 8.99. The van der Waals surface area contributed by atoms with E-state index in [2.05, 4.69) is 5.92 Å². The van der Waals surface area contributed by atoms with Crippen LogP contribution in [0.4, 0.5) is 0 Å². The molecular formula is C20H38O5. The van der Waals surface area contributed by atoms with Gasteiger partial charge in [-0.2, -0.15) is 0 Å². The standard InChI is InChI=1S/C20H38O5/c1-9-10-23-11-12-24-18(3,4)15-19(5,6)25-20(7,8)17(14-21)13-16(2)22/h1,16-17,21-22H,10-15H2,2-8H3. The lowest BCUT2D eigenvalue weighted by Gasteiger charge is -2.43. The second-order valence-corrected chi connectivity index (χ2v) is 8.47. The van der Waals surface area contributed by atoms with E-state index in [9.17, 15) is 10.2 Å². The van der Waals surface area contributed by atoms with E-state index in [0.717, 1.165) is 0 Å². The van der Waals surface area contributed by atoms with Crippen molar-refractivity contribution in [2.45, 2.75) is 84.2 Å². The first-order chi connectivity index (χ1) is 11.4. The Morgan fingerprint density at radius 2 is 1.64 bits per heavy atom. The molecule has 2 unspecified atom stereocenters. The monoisotopic (exact) mass is 358 g/mol. The first kappa shape index (κ1) is 24.4. The van der Waals surface area contributed by atoms with Crippen molar-refractivity contribution in [3.05, 3.63) is 0 Å². The van der Waals surface area contributed by atoms with E-state index in [1.165, 1.54) is 0 Å². The molecule has 0 spiro atoms. The van der Waals surface area contributed by atoms with Crippen LogP contribution in [-0.2, 0) is 14.2 Å². The quantitative estimate of drug-likeness (QED) is 0.391. The number of aliphatic hydroxyl groups is 2. The van der Waals surface area contributed by atoms with Gasteiger partial charge in [0.05, 0.1) is 36.1 Å². The third-order valence-corrected chi connectivity index (χ3v) is 4.13. The molecule has 0 fully saturated rings. The molecule has 0 rings (SSSR count). The fourth-order valence-electron chi connectivity index (χ4n) is 3.41. The van der Waals surface area contributed by atoms with Crippen molar-refractivity contribution >= 4 is 0 Å². The van der Waals surface area contributed by atoms with Crippen LogP contribution in [0.2, 0.25) is 0 Å². The Labute approximate surface area is 154 Å². The van der Waals surface area contributed by atoms with Crippen LogP contribution in [0, 0.1) is 18.3 Å². The van der Waals surface area contributed by atoms with Crippen LogP contribution >= 0.6 is 0 Å². The van der Waals surface area contributed by atoms with Gasteiger partial charge in [-0.3, -0.25) is 0 Å². The Morgan fingerprint density at radius 1 is 1.04 bits per heavy atom. The van der Waals surface area contributed by atoms with Crippen LogP contribution in [0.1, 0.15) is 61.3 Å². The van der Waals surface area contributed by atoms with Crippen LogP contribution in [0.5, 0.6) is 0 Å². The molecule has 0 aromatic rings. The molecule has 148 valence electrons. The van der Waals surface area contributed by atoms with Crippen LogP contribution in [-0.4, -0.2) is 59.5 Å². The molecule has 2 atom stereocenters. The summed E-state index contributed by atoms with van der Waals surface area (Å²) in [6, 6.07) is 0. The summed E-state index contributed by atoms with van der Waals surface area (Å²) >= 11 is 0. The van der Waals surface area contributed by atoms with E-state index < -0.39 is 22.9 Å². The third kappa shape index (κ3) is 10.8. The van der Waals surface area contributed by atoms with E-state index in [1.807, 2.05) is 41.5 Å². The summed E-state index contributed by atoms with van der Waals surface area (Å²) in [5, 5.41) is 19.3. The molecule has 0 heterocycles. The Balaban J connectivity index is 4.69. The van der Waals surface area contributed by atoms with Crippen LogP contribution in [0.3, 0.4) is 0 Å². The predicted molar refractivity (Wildman–Crippen MR) is 100 cm³/mol. The van der Waals surface area contributed by atoms with Crippen molar-refractivity contribution in [3.8, 4) is 12.3 Å². The molecule has 0 aliphatic heterocycles. The van der Waals surface area contributed by atoms with E-state index >= 15 is 0 Å². The highest BCUT2D eigenvalue weighted by Crippen LogP contribution is 2.35. The van der Waals surface area contributed by atoms with Gasteiger partial charge in [0.1, 0.15) is 6.61 Å². The second kappa shape index (κ2) is 10.5. The van der Waals surface area contributed by atoms with Crippen molar-refractivity contribution in [1.29, 1.82) is 0 Å². The second-order valence-electron chi connectivity index (χ2n) is 8.47. The first-order valence-electron chi connectivity index (χ1n) is 8.99. The zero-order chi connectivity index (χ0) is 19.7. The van der Waals surface area contributed by atoms with Crippen molar-refractivity contribution in [2.24, 2.45) is 5.92 Å². The normalized spacial score (nSPS) is 15.7. The SMILES string of the molecule is C#CCOCCOC(C)(C)CC(C)(C)OC(C)(C)C(CO)CC(C)O. The van der Waals surface area contributed by atoms with Gasteiger partial charge >= 0.3 is 0 Å². The van der Waals surface area contributed by atoms with Gasteiger partial charge in [0.25, 0.3) is 0 Å². The molecule has 0 saturated heterocycles. The van der Waals surface area contributed by atoms with Gasteiger partial charge in [-0.1, -0.05) is 5.92 Å². The van der Waals surface area contributed by atoms with E-state index in [4.69, 9.17) is 20.6 Å². The number of terminal acetylenes is 1. The van der Waals surface area contributed by atoms with E-state index in [1.54, 1.807) is 6.92 Å². The number of rotatable bonds is 13. The molecule has 0 bridgehead atoms. The Bertz CT molecular complexity index is 407. The highest BCUT2D eigenvalue weighted by molar-refractivity contribution is 4.88. The lowest BCUT2D eigenvalue weighted by molar-refractivity contribution is -0.186. The molecular weight excluding hydrogens is 320 g/mol. The van der Waals surface area contributed by atoms with Gasteiger partial charge < -0.3 is 24.4 Å². The molecule has 25 heavy (non-hydrogen) atoms. The number of hydrogen-bond donors (Lipinski definition) is 2. The Hall–Kier alpha value is -0.640. The lowest BCUT2D eigenvalue weighted by Crippen LogP contribution is -2.47. The predicted octanol–water partition coefficient (Wildman–Crippen LogP) is 2.77. The fraction of sp³-hybridized carbons (Fsp3) is 0.900. The molecule has 2 N–H and O–H groups in total. The summed E-state index contributed by atoms with van der Waals surface area (Å²) in [5.41, 5.74) is -1.42. The largest absolute Gasteiger partial charge is 0.396 e. The zero-order valence-electron chi connectivity index (χ0n) is 17.1. The average Bonchev–Trinajstić information content (AvgIpc) is 2.41. The average molecular weight is 359 g/mol. The van der Waals surface area contributed by atoms with Gasteiger partial charge in [-0.25, -0.2) is 0 Å². The molecule has 0 saturated carbocycles. The highest BCUT2D eigenvalue weighted by Gasteiger charge is 2.39. The minimum atomic E-state index is -0.568. The van der Waals surface area contributed by atoms with E-state index in [-0.39, 0.29) is 12.5 Å². The van der Waals surface area contributed by atoms with Gasteiger partial charge in [-0.15, -0.1) is 6.42 Å². The minimum absolute atomic E-state index is 0.0274. The summed E-state index contributed by atoms with van der Waals surface area (Å²) in [4.78, 5) is 0. The molecule has 0 aliphatic carbocycles. The fourth-order valence-corrected chi connectivity index (χ4v) is 3.41. The third-order valence-electron chi connectivity index (χ3n) is 4.13. The molecule has 5 heteroatoms. The summed E-state index contributed by atoms with van der Waals surface area (Å²) < 4.78 is 17.5. The summed E-state index contributed by atoms with van der Waals surface area (Å²) in [5.74, 6) is 2.28. The zero-order valence-corrected chi connectivity index (χ0v) is 17.1. The van der Waals surface area contributed by atoms with Gasteiger partial charge in [-0.05, 0) is 54.9 Å². The summed E-state index contributed by atoms with van der Waals surface area (Å²) in [7, 11) is 0. The number of aliphatic hydroxyl groups excluding tert-OH is 2. The summed E-state index contributed by atoms with van der Waals surface area (Å²) in [6.45, 7) is 14.9. The smallest absolute Gasteiger partial charge is 0.107 e. The van der Waals surface area contributed by atoms with Crippen LogP contribution in [0.25, 0.3) is 0 Å². The van der Waals surface area contributed by atoms with E-state index in [0.29, 0.717) is 32.7 Å². The lowest BCUT2D eigenvalue weighted by atomic mass is 9.84. The van der Waals surface area contributed by atoms with Crippen molar-refractivity contribution in [1.82, 2.24) is 0 Å². The number of hydrogen-bond acceptors (Lipinski definition) is 5. The highest BCUT2D eigenvalue weighted by atomic mass is 16.5. The maximum Gasteiger partial charge on any atom is 0.107 e. The van der Waals surface area contributed by atoms with Crippen molar-refractivity contribution < 1.29 is 24.4 Å². The molecule has 5 nitrogen and oxygen atoms in total. The summed E-state index contributed by atoms with van der Waals surface area (Å²) in [6.07, 6.45) is 5.82. The Kier molecular flexibility index (Phi) is 10.2. The maximum absolute atomic E-state index is 9.68. The van der Waals surface area contributed by atoms with Gasteiger partial charge in [0, 0.05) is 18.9 Å². The van der Waals surface area contributed by atoms with Crippen molar-refractivity contribution in [2.75, 3.05) is 26.4 Å². The van der Waals surface area contributed by atoms with Crippen LogP contribution in [0.15, 0.2) is 0 Å². The molecule has 0 amide bonds. The Morgan fingerprint density at radius 3 is 2.12 bits per heavy atom. The molecule has 0 aliphatic rings. The van der Waals surface area contributed by atoms with Crippen LogP contribution < -0.4 is 0 Å². The molecule has 0 aromatic carbocycles. The topological polar surface area (TPSA) is 68.2 Å². The minimum Gasteiger partial charge on any atom is -0.396 e. The molecule has 0 radical (unpaired) electrons. The molecule has 0 aromatic heterocycles. The maximum atomic E-state index is 9.68. The van der Waals surface area contributed by atoms with Gasteiger partial charge in [0.2, 0.25) is 0 Å². The van der Waals surface area contributed by atoms with Gasteiger partial charge in [0.15, 0.2) is 0 Å². The van der Waals surface area contributed by atoms with Crippen molar-refractivity contribution in [3.63, 3.8) is 0 Å².